The second kappa shape index (κ2) is 5.75. The molecule has 2 N–H and O–H groups in total. The summed E-state index contributed by atoms with van der Waals surface area (Å²) in [7, 11) is 0. The molecule has 1 aliphatic carbocycles. The van der Waals surface area contributed by atoms with E-state index in [9.17, 15) is 0 Å². The van der Waals surface area contributed by atoms with Gasteiger partial charge in [0.15, 0.2) is 0 Å². The molecule has 0 amide bonds. The van der Waals surface area contributed by atoms with Gasteiger partial charge in [0.25, 0.3) is 0 Å². The van der Waals surface area contributed by atoms with Gasteiger partial charge in [-0.25, -0.2) is 0 Å². The van der Waals surface area contributed by atoms with Gasteiger partial charge in [-0.2, -0.15) is 5.10 Å². The Kier molecular flexibility index (Phi) is 3.83. The lowest BCUT2D eigenvalue weighted by Crippen LogP contribution is -2.20. The molecule has 0 saturated carbocycles. The monoisotopic (exact) mass is 270 g/mol. The Balaban J connectivity index is 1.98. The van der Waals surface area contributed by atoms with Crippen LogP contribution in [0, 0.1) is 0 Å². The van der Waals surface area contributed by atoms with Crippen molar-refractivity contribution in [1.82, 2.24) is 14.8 Å². The highest BCUT2D eigenvalue weighted by Crippen LogP contribution is 2.34. The smallest absolute Gasteiger partial charge is 0.0663 e. The highest BCUT2D eigenvalue weighted by atomic mass is 15.3. The van der Waals surface area contributed by atoms with Gasteiger partial charge in [-0.3, -0.25) is 9.67 Å². The molecule has 106 valence electrons. The summed E-state index contributed by atoms with van der Waals surface area (Å²) in [5.74, 6) is 0.500. The van der Waals surface area contributed by atoms with Crippen LogP contribution in [0.15, 0.2) is 24.5 Å². The summed E-state index contributed by atoms with van der Waals surface area (Å²) >= 11 is 0. The van der Waals surface area contributed by atoms with Crippen molar-refractivity contribution in [2.24, 2.45) is 5.73 Å². The Labute approximate surface area is 120 Å². The fraction of sp³-hybridized carbons (Fsp3) is 0.500. The summed E-state index contributed by atoms with van der Waals surface area (Å²) in [4.78, 5) is 4.07. The Morgan fingerprint density at radius 3 is 2.85 bits per heavy atom. The van der Waals surface area contributed by atoms with Gasteiger partial charge in [-0.05, 0) is 55.8 Å². The first-order valence-corrected chi connectivity index (χ1v) is 7.51. The van der Waals surface area contributed by atoms with E-state index in [4.69, 9.17) is 10.8 Å². The van der Waals surface area contributed by atoms with Crippen LogP contribution in [0.25, 0.3) is 0 Å². The largest absolute Gasteiger partial charge is 0.330 e. The van der Waals surface area contributed by atoms with E-state index in [2.05, 4.69) is 28.7 Å². The number of fused-ring (bicyclic) bond motifs is 1. The molecular formula is C16H22N4. The van der Waals surface area contributed by atoms with Crippen molar-refractivity contribution < 1.29 is 0 Å². The van der Waals surface area contributed by atoms with E-state index in [-0.39, 0.29) is 0 Å². The molecule has 1 aliphatic rings. The second-order valence-corrected chi connectivity index (χ2v) is 5.50. The maximum Gasteiger partial charge on any atom is 0.0663 e. The second-order valence-electron chi connectivity index (χ2n) is 5.50. The van der Waals surface area contributed by atoms with Gasteiger partial charge in [0.1, 0.15) is 0 Å². The molecule has 1 unspecified atom stereocenters. The first-order valence-electron chi connectivity index (χ1n) is 7.51. The third-order valence-electron chi connectivity index (χ3n) is 4.25. The number of aryl methyl sites for hydroxylation is 1. The summed E-state index contributed by atoms with van der Waals surface area (Å²) in [6, 6.07) is 4.12. The van der Waals surface area contributed by atoms with E-state index < -0.39 is 0 Å². The lowest BCUT2D eigenvalue weighted by molar-refractivity contribution is 0.531. The third-order valence-corrected chi connectivity index (χ3v) is 4.25. The number of hydrogen-bond donors (Lipinski definition) is 1. The van der Waals surface area contributed by atoms with E-state index in [1.165, 1.54) is 35.4 Å². The number of nitrogens with zero attached hydrogens (tertiary/aromatic N) is 3. The molecule has 0 aromatic carbocycles. The molecule has 4 nitrogen and oxygen atoms in total. The van der Waals surface area contributed by atoms with E-state index in [1.807, 2.05) is 12.4 Å². The van der Waals surface area contributed by atoms with Crippen molar-refractivity contribution in [1.29, 1.82) is 0 Å². The molecule has 0 aliphatic heterocycles. The predicted octanol–water partition coefficient (Wildman–Crippen LogP) is 2.27. The topological polar surface area (TPSA) is 56.7 Å². The van der Waals surface area contributed by atoms with Gasteiger partial charge in [0, 0.05) is 23.7 Å². The van der Waals surface area contributed by atoms with Gasteiger partial charge < -0.3 is 5.73 Å². The van der Waals surface area contributed by atoms with Crippen molar-refractivity contribution in [2.45, 2.75) is 45.1 Å². The van der Waals surface area contributed by atoms with Crippen LogP contribution < -0.4 is 5.73 Å². The Hall–Kier alpha value is -1.68. The molecule has 0 spiro atoms. The van der Waals surface area contributed by atoms with Crippen molar-refractivity contribution in [3.63, 3.8) is 0 Å². The van der Waals surface area contributed by atoms with Crippen molar-refractivity contribution in [3.8, 4) is 0 Å². The molecule has 2 aromatic rings. The molecule has 1 atom stereocenters. The average molecular weight is 270 g/mol. The third kappa shape index (κ3) is 2.36. The molecule has 0 saturated heterocycles. The van der Waals surface area contributed by atoms with E-state index in [1.54, 1.807) is 0 Å². The number of aromatic nitrogens is 3. The van der Waals surface area contributed by atoms with Crippen molar-refractivity contribution in [2.75, 3.05) is 6.54 Å². The Bertz CT molecular complexity index is 574. The van der Waals surface area contributed by atoms with Crippen LogP contribution in [0.5, 0.6) is 0 Å². The standard InChI is InChI=1S/C16H22N4/c1-2-14-16-13(10-17)4-3-5-15(16)20(19-14)11-12-6-8-18-9-7-12/h6-9,13H,2-5,10-11,17H2,1H3. The fourth-order valence-electron chi connectivity index (χ4n) is 3.25. The zero-order chi connectivity index (χ0) is 13.9. The Morgan fingerprint density at radius 2 is 2.15 bits per heavy atom. The van der Waals surface area contributed by atoms with Crippen LogP contribution in [0.4, 0.5) is 0 Å². The van der Waals surface area contributed by atoms with Gasteiger partial charge >= 0.3 is 0 Å². The van der Waals surface area contributed by atoms with Crippen LogP contribution in [-0.2, 0) is 19.4 Å². The molecule has 4 heteroatoms. The van der Waals surface area contributed by atoms with Gasteiger partial charge in [-0.15, -0.1) is 0 Å². The SMILES string of the molecule is CCc1nn(Cc2ccncc2)c2c1C(CN)CCC2. The molecule has 3 rings (SSSR count). The number of hydrogen-bond acceptors (Lipinski definition) is 3. The predicted molar refractivity (Wildman–Crippen MR) is 79.7 cm³/mol. The lowest BCUT2D eigenvalue weighted by atomic mass is 9.85. The summed E-state index contributed by atoms with van der Waals surface area (Å²) in [5, 5.41) is 4.84. The minimum Gasteiger partial charge on any atom is -0.330 e. The van der Waals surface area contributed by atoms with Gasteiger partial charge in [-0.1, -0.05) is 6.92 Å². The minimum atomic E-state index is 0.500. The lowest BCUT2D eigenvalue weighted by Gasteiger charge is -2.22. The fourth-order valence-corrected chi connectivity index (χ4v) is 3.25. The van der Waals surface area contributed by atoms with E-state index in [0.29, 0.717) is 5.92 Å². The average Bonchev–Trinajstić information content (AvgIpc) is 2.86. The van der Waals surface area contributed by atoms with Crippen LogP contribution in [0.1, 0.15) is 48.2 Å². The maximum absolute atomic E-state index is 5.96. The highest BCUT2D eigenvalue weighted by molar-refractivity contribution is 5.33. The van der Waals surface area contributed by atoms with Crippen molar-refractivity contribution >= 4 is 0 Å². The zero-order valence-electron chi connectivity index (χ0n) is 12.0. The minimum absolute atomic E-state index is 0.500. The first-order chi connectivity index (χ1) is 9.83. The van der Waals surface area contributed by atoms with Crippen LogP contribution in [-0.4, -0.2) is 21.3 Å². The molecule has 0 fully saturated rings. The summed E-state index contributed by atoms with van der Waals surface area (Å²) in [6.45, 7) is 3.75. The molecule has 2 aromatic heterocycles. The van der Waals surface area contributed by atoms with Gasteiger partial charge in [0.05, 0.1) is 12.2 Å². The molecule has 0 bridgehead atoms. The number of rotatable bonds is 4. The summed E-state index contributed by atoms with van der Waals surface area (Å²) < 4.78 is 2.19. The quantitative estimate of drug-likeness (QED) is 0.927. The first kappa shape index (κ1) is 13.3. The zero-order valence-corrected chi connectivity index (χ0v) is 12.0. The van der Waals surface area contributed by atoms with Crippen LogP contribution in [0.3, 0.4) is 0 Å². The number of nitrogens with two attached hydrogens (primary N) is 1. The maximum atomic E-state index is 5.96. The van der Waals surface area contributed by atoms with E-state index >= 15 is 0 Å². The molecule has 0 radical (unpaired) electrons. The summed E-state index contributed by atoms with van der Waals surface area (Å²) in [6.07, 6.45) is 8.23. The normalized spacial score (nSPS) is 18.0. The van der Waals surface area contributed by atoms with Gasteiger partial charge in [0.2, 0.25) is 0 Å². The van der Waals surface area contributed by atoms with Crippen molar-refractivity contribution in [3.05, 3.63) is 47.0 Å². The molecule has 20 heavy (non-hydrogen) atoms. The van der Waals surface area contributed by atoms with Crippen LogP contribution >= 0.6 is 0 Å². The summed E-state index contributed by atoms with van der Waals surface area (Å²) in [5.41, 5.74) is 11.3. The number of pyridine rings is 1. The Morgan fingerprint density at radius 1 is 1.35 bits per heavy atom. The highest BCUT2D eigenvalue weighted by Gasteiger charge is 2.26. The molecule has 2 heterocycles. The molecular weight excluding hydrogens is 248 g/mol. The van der Waals surface area contributed by atoms with Crippen LogP contribution in [0.2, 0.25) is 0 Å². The van der Waals surface area contributed by atoms with E-state index in [0.717, 1.165) is 25.9 Å².